The number of rotatable bonds is 5. The van der Waals surface area contributed by atoms with Crippen LogP contribution in [-0.4, -0.2) is 5.75 Å². The molecule has 0 saturated heterocycles. The molecule has 0 saturated carbocycles. The Hall–Kier alpha value is 0.973. The van der Waals surface area contributed by atoms with Gasteiger partial charge < -0.3 is 0 Å². The molecule has 0 N–H and O–H groups in total. The van der Waals surface area contributed by atoms with Crippen LogP contribution in [0.2, 0.25) is 0 Å². The summed E-state index contributed by atoms with van der Waals surface area (Å²) in [7, 11) is 0. The Morgan fingerprint density at radius 1 is 1.30 bits per heavy atom. The van der Waals surface area contributed by atoms with Crippen molar-refractivity contribution in [3.8, 4) is 0 Å². The average molecular weight is 212 g/mol. The van der Waals surface area contributed by atoms with Crippen molar-refractivity contribution in [2.75, 3.05) is 5.75 Å². The Labute approximate surface area is 83.3 Å². The summed E-state index contributed by atoms with van der Waals surface area (Å²) in [5, 5.41) is 0. The van der Waals surface area contributed by atoms with Crippen molar-refractivity contribution in [1.29, 1.82) is 0 Å². The molecule has 0 fully saturated rings. The van der Waals surface area contributed by atoms with E-state index in [4.69, 9.17) is 0 Å². The maximum Gasteiger partial charge on any atom is 0 e. The quantitative estimate of drug-likeness (QED) is 0.524. The van der Waals surface area contributed by atoms with Crippen LogP contribution in [0.4, 0.5) is 0 Å². The van der Waals surface area contributed by atoms with E-state index in [1.54, 1.807) is 0 Å². The van der Waals surface area contributed by atoms with Crippen molar-refractivity contribution in [3.05, 3.63) is 0 Å². The first-order valence-corrected chi connectivity index (χ1v) is 4.59. The number of unbranched alkanes of at least 4 members (excludes halogenated alkanes) is 1. The standard InChI is InChI=1S/C8H18S.Zn/c1-3-5-6-8(4-2)7-9;/h8-9H,3-7H2,1-2H3;. The van der Waals surface area contributed by atoms with Crippen LogP contribution in [-0.2, 0) is 19.5 Å². The van der Waals surface area contributed by atoms with Gasteiger partial charge in [0.1, 0.15) is 0 Å². The Balaban J connectivity index is 0. The molecule has 0 aliphatic carbocycles. The maximum absolute atomic E-state index is 4.27. The molecule has 0 aliphatic heterocycles. The molecule has 0 amide bonds. The molecule has 0 rings (SSSR count). The Bertz CT molecular complexity index is 53.2. The van der Waals surface area contributed by atoms with Crippen molar-refractivity contribution in [3.63, 3.8) is 0 Å². The van der Waals surface area contributed by atoms with Crippen LogP contribution < -0.4 is 0 Å². The summed E-state index contributed by atoms with van der Waals surface area (Å²) in [6.07, 6.45) is 5.36. The zero-order valence-corrected chi connectivity index (χ0v) is 11.1. The van der Waals surface area contributed by atoms with E-state index < -0.39 is 0 Å². The minimum atomic E-state index is 0. The molecule has 1 atom stereocenters. The van der Waals surface area contributed by atoms with Crippen molar-refractivity contribution in [2.24, 2.45) is 5.92 Å². The minimum absolute atomic E-state index is 0. The largest absolute Gasteiger partial charge is 0.179 e. The Kier molecular flexibility index (Phi) is 13.5. The maximum atomic E-state index is 4.27. The molecule has 10 heavy (non-hydrogen) atoms. The summed E-state index contributed by atoms with van der Waals surface area (Å²) in [4.78, 5) is 0. The third-order valence-electron chi connectivity index (χ3n) is 1.80. The average Bonchev–Trinajstić information content (AvgIpc) is 1.91. The van der Waals surface area contributed by atoms with Gasteiger partial charge in [0.25, 0.3) is 0 Å². The third-order valence-corrected chi connectivity index (χ3v) is 2.32. The fourth-order valence-corrected chi connectivity index (χ4v) is 1.36. The van der Waals surface area contributed by atoms with E-state index in [9.17, 15) is 0 Å². The van der Waals surface area contributed by atoms with Gasteiger partial charge in [0, 0.05) is 19.5 Å². The second kappa shape index (κ2) is 9.97. The van der Waals surface area contributed by atoms with Gasteiger partial charge in [-0.05, 0) is 18.1 Å². The summed E-state index contributed by atoms with van der Waals surface area (Å²) in [6, 6.07) is 0. The molecule has 0 aromatic heterocycles. The smallest absolute Gasteiger partial charge is 0 e. The zero-order chi connectivity index (χ0) is 7.11. The van der Waals surface area contributed by atoms with Crippen LogP contribution >= 0.6 is 12.6 Å². The van der Waals surface area contributed by atoms with Crippen molar-refractivity contribution < 1.29 is 19.5 Å². The normalized spacial score (nSPS) is 12.3. The van der Waals surface area contributed by atoms with E-state index in [-0.39, 0.29) is 19.5 Å². The van der Waals surface area contributed by atoms with Gasteiger partial charge in [0.15, 0.2) is 0 Å². The first-order chi connectivity index (χ1) is 4.35. The van der Waals surface area contributed by atoms with E-state index >= 15 is 0 Å². The van der Waals surface area contributed by atoms with E-state index in [1.165, 1.54) is 25.7 Å². The van der Waals surface area contributed by atoms with Crippen molar-refractivity contribution in [1.82, 2.24) is 0 Å². The molecule has 0 heterocycles. The molecular weight excluding hydrogens is 194 g/mol. The molecule has 58 valence electrons. The first-order valence-electron chi connectivity index (χ1n) is 3.96. The SMILES string of the molecule is CCCCC(CC)CS.[Zn]. The van der Waals surface area contributed by atoms with Crippen molar-refractivity contribution in [2.45, 2.75) is 39.5 Å². The van der Waals surface area contributed by atoms with Gasteiger partial charge in [-0.1, -0.05) is 33.1 Å². The molecule has 0 radical (unpaired) electrons. The number of hydrogen-bond acceptors (Lipinski definition) is 1. The second-order valence-electron chi connectivity index (χ2n) is 2.60. The van der Waals surface area contributed by atoms with Gasteiger partial charge in [-0.2, -0.15) is 12.6 Å². The second-order valence-corrected chi connectivity index (χ2v) is 2.96. The van der Waals surface area contributed by atoms with E-state index in [0.717, 1.165) is 11.7 Å². The molecule has 0 spiro atoms. The van der Waals surface area contributed by atoms with Gasteiger partial charge in [-0.15, -0.1) is 0 Å². The van der Waals surface area contributed by atoms with Gasteiger partial charge >= 0.3 is 0 Å². The topological polar surface area (TPSA) is 0 Å². The van der Waals surface area contributed by atoms with Crippen molar-refractivity contribution >= 4 is 12.6 Å². The van der Waals surface area contributed by atoms with E-state index in [1.807, 2.05) is 0 Å². The summed E-state index contributed by atoms with van der Waals surface area (Å²) >= 11 is 4.27. The molecule has 0 bridgehead atoms. The summed E-state index contributed by atoms with van der Waals surface area (Å²) in [6.45, 7) is 4.49. The number of thiol groups is 1. The molecule has 1 unspecified atom stereocenters. The minimum Gasteiger partial charge on any atom is -0.179 e. The molecular formula is C8H18SZn. The van der Waals surface area contributed by atoms with Gasteiger partial charge in [-0.25, -0.2) is 0 Å². The predicted molar refractivity (Wildman–Crippen MR) is 47.2 cm³/mol. The van der Waals surface area contributed by atoms with Gasteiger partial charge in [-0.3, -0.25) is 0 Å². The van der Waals surface area contributed by atoms with E-state index in [2.05, 4.69) is 26.5 Å². The molecule has 0 aromatic carbocycles. The predicted octanol–water partition coefficient (Wildman–Crippen LogP) is 3.13. The van der Waals surface area contributed by atoms with Crippen LogP contribution in [0.1, 0.15) is 39.5 Å². The van der Waals surface area contributed by atoms with Gasteiger partial charge in [0.05, 0.1) is 0 Å². The van der Waals surface area contributed by atoms with Gasteiger partial charge in [0.2, 0.25) is 0 Å². The van der Waals surface area contributed by atoms with E-state index in [0.29, 0.717) is 0 Å². The summed E-state index contributed by atoms with van der Waals surface area (Å²) < 4.78 is 0. The monoisotopic (exact) mass is 210 g/mol. The molecule has 0 aliphatic rings. The van der Waals surface area contributed by atoms with Crippen LogP contribution in [0, 0.1) is 5.92 Å². The molecule has 2 heteroatoms. The van der Waals surface area contributed by atoms with Crippen LogP contribution in [0.25, 0.3) is 0 Å². The van der Waals surface area contributed by atoms with Crippen LogP contribution in [0.15, 0.2) is 0 Å². The molecule has 0 nitrogen and oxygen atoms in total. The molecule has 0 aromatic rings. The third kappa shape index (κ3) is 7.08. The van der Waals surface area contributed by atoms with Crippen LogP contribution in [0.5, 0.6) is 0 Å². The summed E-state index contributed by atoms with van der Waals surface area (Å²) in [5.41, 5.74) is 0. The number of hydrogen-bond donors (Lipinski definition) is 1. The fraction of sp³-hybridized carbons (Fsp3) is 1.00. The zero-order valence-electron chi connectivity index (χ0n) is 7.27. The fourth-order valence-electron chi connectivity index (χ4n) is 0.917. The summed E-state index contributed by atoms with van der Waals surface area (Å²) in [5.74, 6) is 1.93. The first kappa shape index (κ1) is 13.6. The Morgan fingerprint density at radius 3 is 2.20 bits per heavy atom. The Morgan fingerprint density at radius 2 is 1.90 bits per heavy atom. The van der Waals surface area contributed by atoms with Crippen LogP contribution in [0.3, 0.4) is 0 Å².